The van der Waals surface area contributed by atoms with Gasteiger partial charge in [0, 0.05) is 25.2 Å². The number of rotatable bonds is 9. The molecule has 1 fully saturated rings. The molecule has 0 amide bonds. The topological polar surface area (TPSA) is 67.2 Å². The van der Waals surface area contributed by atoms with Gasteiger partial charge in [-0.2, -0.15) is 5.10 Å². The molecule has 1 aromatic carbocycles. The van der Waals surface area contributed by atoms with Gasteiger partial charge in [-0.15, -0.1) is 0 Å². The SMILES string of the molecule is O=C(O)CCC(Cc1ccccc1)NCc1ccnn1C1CCCC1. The van der Waals surface area contributed by atoms with Crippen LogP contribution in [-0.4, -0.2) is 26.9 Å². The van der Waals surface area contributed by atoms with Gasteiger partial charge in [-0.3, -0.25) is 9.48 Å². The third-order valence-corrected chi connectivity index (χ3v) is 5.03. The Balaban J connectivity index is 1.61. The Morgan fingerprint density at radius 1 is 1.24 bits per heavy atom. The first-order chi connectivity index (χ1) is 12.2. The van der Waals surface area contributed by atoms with Crippen LogP contribution in [0.1, 0.15) is 55.8 Å². The number of hydrogen-bond donors (Lipinski definition) is 2. The quantitative estimate of drug-likeness (QED) is 0.732. The standard InChI is InChI=1S/C20H27N3O2/c24-20(25)11-10-17(14-16-6-2-1-3-7-16)21-15-19-12-13-22-23(19)18-8-4-5-9-18/h1-3,6-7,12-13,17-18,21H,4-5,8-11,14-15H2,(H,24,25). The van der Waals surface area contributed by atoms with Gasteiger partial charge in [0.05, 0.1) is 11.7 Å². The summed E-state index contributed by atoms with van der Waals surface area (Å²) in [5, 5.41) is 17.1. The van der Waals surface area contributed by atoms with Crippen LogP contribution >= 0.6 is 0 Å². The summed E-state index contributed by atoms with van der Waals surface area (Å²) in [6, 6.07) is 13.0. The predicted octanol–water partition coefficient (Wildman–Crippen LogP) is 3.56. The molecule has 1 atom stereocenters. The van der Waals surface area contributed by atoms with Crippen LogP contribution in [0.5, 0.6) is 0 Å². The van der Waals surface area contributed by atoms with E-state index in [4.69, 9.17) is 5.11 Å². The van der Waals surface area contributed by atoms with Crippen LogP contribution in [0, 0.1) is 0 Å². The van der Waals surface area contributed by atoms with Crippen LogP contribution in [0.3, 0.4) is 0 Å². The molecule has 1 aliphatic rings. The molecule has 5 nitrogen and oxygen atoms in total. The van der Waals surface area contributed by atoms with E-state index in [0.29, 0.717) is 12.5 Å². The molecule has 1 aromatic heterocycles. The second-order valence-electron chi connectivity index (χ2n) is 6.91. The van der Waals surface area contributed by atoms with Gasteiger partial charge in [0.25, 0.3) is 0 Å². The summed E-state index contributed by atoms with van der Waals surface area (Å²) in [5.74, 6) is -0.740. The van der Waals surface area contributed by atoms with Gasteiger partial charge < -0.3 is 10.4 Å². The highest BCUT2D eigenvalue weighted by Gasteiger charge is 2.20. The van der Waals surface area contributed by atoms with Crippen LogP contribution < -0.4 is 5.32 Å². The van der Waals surface area contributed by atoms with Gasteiger partial charge in [-0.25, -0.2) is 0 Å². The normalized spacial score (nSPS) is 16.2. The highest BCUT2D eigenvalue weighted by Crippen LogP contribution is 2.29. The molecule has 1 heterocycles. The lowest BCUT2D eigenvalue weighted by atomic mass is 10.0. The van der Waals surface area contributed by atoms with Crippen molar-refractivity contribution in [1.29, 1.82) is 0 Å². The van der Waals surface area contributed by atoms with Crippen LogP contribution in [0.4, 0.5) is 0 Å². The first kappa shape index (κ1) is 17.7. The Kier molecular flexibility index (Phi) is 6.23. The number of aromatic nitrogens is 2. The van der Waals surface area contributed by atoms with E-state index in [1.807, 2.05) is 24.4 Å². The fourth-order valence-electron chi connectivity index (χ4n) is 3.68. The summed E-state index contributed by atoms with van der Waals surface area (Å²) in [4.78, 5) is 11.0. The molecule has 3 rings (SSSR count). The number of carboxylic acid groups (broad SMARTS) is 1. The summed E-state index contributed by atoms with van der Waals surface area (Å²) in [7, 11) is 0. The van der Waals surface area contributed by atoms with Crippen molar-refractivity contribution < 1.29 is 9.90 Å². The molecule has 0 aliphatic heterocycles. The Bertz CT molecular complexity index is 663. The number of nitrogens with zero attached hydrogens (tertiary/aromatic N) is 2. The van der Waals surface area contributed by atoms with Crippen LogP contribution in [0.15, 0.2) is 42.6 Å². The lowest BCUT2D eigenvalue weighted by Gasteiger charge is -2.20. The highest BCUT2D eigenvalue weighted by molar-refractivity contribution is 5.66. The third-order valence-electron chi connectivity index (χ3n) is 5.03. The molecule has 1 aliphatic carbocycles. The maximum Gasteiger partial charge on any atom is 0.303 e. The van der Waals surface area contributed by atoms with E-state index in [1.54, 1.807) is 0 Å². The van der Waals surface area contributed by atoms with Crippen LogP contribution in [-0.2, 0) is 17.8 Å². The van der Waals surface area contributed by atoms with Gasteiger partial charge in [0.15, 0.2) is 0 Å². The van der Waals surface area contributed by atoms with Crippen molar-refractivity contribution >= 4 is 5.97 Å². The third kappa shape index (κ3) is 5.16. The minimum Gasteiger partial charge on any atom is -0.481 e. The molecule has 25 heavy (non-hydrogen) atoms. The van der Waals surface area contributed by atoms with Gasteiger partial charge in [-0.05, 0) is 37.3 Å². The lowest BCUT2D eigenvalue weighted by Crippen LogP contribution is -2.32. The number of aliphatic carboxylic acids is 1. The molecular weight excluding hydrogens is 314 g/mol. The molecule has 1 unspecified atom stereocenters. The number of benzene rings is 1. The van der Waals surface area contributed by atoms with E-state index in [9.17, 15) is 4.79 Å². The minimum absolute atomic E-state index is 0.144. The van der Waals surface area contributed by atoms with Crippen LogP contribution in [0.25, 0.3) is 0 Å². The maximum absolute atomic E-state index is 11.0. The number of hydrogen-bond acceptors (Lipinski definition) is 3. The second kappa shape index (κ2) is 8.81. The molecule has 0 radical (unpaired) electrons. The zero-order valence-electron chi connectivity index (χ0n) is 14.6. The molecule has 2 aromatic rings. The summed E-state index contributed by atoms with van der Waals surface area (Å²) in [6.07, 6.45) is 8.51. The summed E-state index contributed by atoms with van der Waals surface area (Å²) in [6.45, 7) is 0.730. The van der Waals surface area contributed by atoms with Gasteiger partial charge >= 0.3 is 5.97 Å². The molecule has 0 spiro atoms. The Hall–Kier alpha value is -2.14. The highest BCUT2D eigenvalue weighted by atomic mass is 16.4. The first-order valence-electron chi connectivity index (χ1n) is 9.24. The summed E-state index contributed by atoms with van der Waals surface area (Å²) >= 11 is 0. The van der Waals surface area contributed by atoms with Gasteiger partial charge in [0.2, 0.25) is 0 Å². The van der Waals surface area contributed by atoms with E-state index in [-0.39, 0.29) is 12.5 Å². The Morgan fingerprint density at radius 2 is 2.00 bits per heavy atom. The summed E-state index contributed by atoms with van der Waals surface area (Å²) in [5.41, 5.74) is 2.43. The minimum atomic E-state index is -0.740. The molecular formula is C20H27N3O2. The van der Waals surface area contributed by atoms with E-state index in [0.717, 1.165) is 13.0 Å². The molecule has 1 saturated carbocycles. The zero-order chi connectivity index (χ0) is 17.5. The van der Waals surface area contributed by atoms with Crippen LogP contribution in [0.2, 0.25) is 0 Å². The van der Waals surface area contributed by atoms with Crippen molar-refractivity contribution in [3.63, 3.8) is 0 Å². The maximum atomic E-state index is 11.0. The van der Waals surface area contributed by atoms with Crippen molar-refractivity contribution in [2.24, 2.45) is 0 Å². The second-order valence-corrected chi connectivity index (χ2v) is 6.91. The number of nitrogens with one attached hydrogen (secondary N) is 1. The molecule has 2 N–H and O–H groups in total. The predicted molar refractivity (Wildman–Crippen MR) is 97.4 cm³/mol. The van der Waals surface area contributed by atoms with Crippen molar-refractivity contribution in [3.05, 3.63) is 53.9 Å². The molecule has 0 saturated heterocycles. The smallest absolute Gasteiger partial charge is 0.303 e. The van der Waals surface area contributed by atoms with E-state index >= 15 is 0 Å². The van der Waals surface area contributed by atoms with Crippen molar-refractivity contribution in [1.82, 2.24) is 15.1 Å². The molecule has 134 valence electrons. The van der Waals surface area contributed by atoms with E-state index in [2.05, 4.69) is 33.3 Å². The molecule has 0 bridgehead atoms. The number of carbonyl (C=O) groups is 1. The van der Waals surface area contributed by atoms with Crippen molar-refractivity contribution in [2.75, 3.05) is 0 Å². The average molecular weight is 341 g/mol. The Labute approximate surface area is 149 Å². The van der Waals surface area contributed by atoms with Gasteiger partial charge in [-0.1, -0.05) is 43.2 Å². The molecule has 5 heteroatoms. The van der Waals surface area contributed by atoms with Crippen molar-refractivity contribution in [2.45, 2.75) is 63.6 Å². The summed E-state index contributed by atoms with van der Waals surface area (Å²) < 4.78 is 2.16. The Morgan fingerprint density at radius 3 is 2.72 bits per heavy atom. The van der Waals surface area contributed by atoms with E-state index < -0.39 is 5.97 Å². The first-order valence-corrected chi connectivity index (χ1v) is 9.24. The lowest BCUT2D eigenvalue weighted by molar-refractivity contribution is -0.137. The fourth-order valence-corrected chi connectivity index (χ4v) is 3.68. The fraction of sp³-hybridized carbons (Fsp3) is 0.500. The number of carboxylic acids is 1. The van der Waals surface area contributed by atoms with Gasteiger partial charge in [0.1, 0.15) is 0 Å². The largest absolute Gasteiger partial charge is 0.481 e. The van der Waals surface area contributed by atoms with Crippen molar-refractivity contribution in [3.8, 4) is 0 Å². The average Bonchev–Trinajstić information content (AvgIpc) is 3.29. The monoisotopic (exact) mass is 341 g/mol. The zero-order valence-corrected chi connectivity index (χ0v) is 14.6. The van der Waals surface area contributed by atoms with E-state index in [1.165, 1.54) is 36.9 Å².